The van der Waals surface area contributed by atoms with E-state index in [9.17, 15) is 14.9 Å². The predicted molar refractivity (Wildman–Crippen MR) is 82.2 cm³/mol. The van der Waals surface area contributed by atoms with Crippen molar-refractivity contribution in [2.45, 2.75) is 0 Å². The number of benzene rings is 2. The van der Waals surface area contributed by atoms with Gasteiger partial charge >= 0.3 is 0 Å². The van der Waals surface area contributed by atoms with Gasteiger partial charge in [0.25, 0.3) is 11.6 Å². The van der Waals surface area contributed by atoms with Gasteiger partial charge in [0.05, 0.1) is 4.92 Å². The number of carbonyl (C=O) groups excluding carboxylic acids is 1. The zero-order valence-corrected chi connectivity index (χ0v) is 11.4. The first kappa shape index (κ1) is 13.7. The van der Waals surface area contributed by atoms with E-state index in [1.54, 1.807) is 18.2 Å². The molecule has 0 fully saturated rings. The lowest BCUT2D eigenvalue weighted by atomic mass is 10.2. The Morgan fingerprint density at radius 3 is 2.59 bits per heavy atom. The van der Waals surface area contributed by atoms with Crippen molar-refractivity contribution in [3.8, 4) is 0 Å². The molecule has 6 nitrogen and oxygen atoms in total. The Morgan fingerprint density at radius 1 is 1.09 bits per heavy atom. The molecule has 1 aliphatic heterocycles. The molecule has 0 unspecified atom stereocenters. The molecule has 0 radical (unpaired) electrons. The van der Waals surface area contributed by atoms with Crippen LogP contribution >= 0.6 is 0 Å². The molecule has 0 saturated carbocycles. The largest absolute Gasteiger partial charge is 0.305 e. The molecule has 0 spiro atoms. The molecular formula is C16H11N3O3. The number of amidine groups is 1. The molecule has 108 valence electrons. The third-order valence-electron chi connectivity index (χ3n) is 3.13. The van der Waals surface area contributed by atoms with E-state index in [0.29, 0.717) is 11.4 Å². The standard InChI is InChI=1S/C16H11N3O3/c20-16-14(9-11-5-2-1-3-6-11)17-15(18-16)12-7-4-8-13(10-12)19(21)22/h1-10H,(H,17,18,20)/b14-9-. The highest BCUT2D eigenvalue weighted by molar-refractivity contribution is 6.19. The average molecular weight is 293 g/mol. The summed E-state index contributed by atoms with van der Waals surface area (Å²) in [6, 6.07) is 15.3. The number of nitrogens with one attached hydrogen (secondary N) is 1. The maximum Gasteiger partial charge on any atom is 0.275 e. The van der Waals surface area contributed by atoms with Gasteiger partial charge in [-0.3, -0.25) is 14.9 Å². The first-order chi connectivity index (χ1) is 10.6. The van der Waals surface area contributed by atoms with Crippen LogP contribution in [0.3, 0.4) is 0 Å². The molecule has 2 aromatic rings. The van der Waals surface area contributed by atoms with Crippen LogP contribution in [0.25, 0.3) is 6.08 Å². The minimum absolute atomic E-state index is 0.0464. The number of rotatable bonds is 3. The summed E-state index contributed by atoms with van der Waals surface area (Å²) in [7, 11) is 0. The van der Waals surface area contributed by atoms with Crippen molar-refractivity contribution in [2.75, 3.05) is 0 Å². The van der Waals surface area contributed by atoms with Crippen LogP contribution in [0.1, 0.15) is 11.1 Å². The number of amides is 1. The van der Waals surface area contributed by atoms with E-state index < -0.39 is 4.92 Å². The van der Waals surface area contributed by atoms with Gasteiger partial charge < -0.3 is 5.32 Å². The Balaban J connectivity index is 1.95. The van der Waals surface area contributed by atoms with E-state index >= 15 is 0 Å². The Labute approximate surface area is 126 Å². The van der Waals surface area contributed by atoms with Crippen LogP contribution in [-0.4, -0.2) is 16.7 Å². The summed E-state index contributed by atoms with van der Waals surface area (Å²) in [5.41, 5.74) is 1.58. The molecule has 0 atom stereocenters. The third-order valence-corrected chi connectivity index (χ3v) is 3.13. The van der Waals surface area contributed by atoms with Crippen molar-refractivity contribution >= 4 is 23.5 Å². The number of non-ortho nitro benzene ring substituents is 1. The lowest BCUT2D eigenvalue weighted by molar-refractivity contribution is -0.384. The molecule has 3 rings (SSSR count). The molecule has 1 aliphatic rings. The number of carbonyl (C=O) groups is 1. The Hall–Kier alpha value is -3.28. The average Bonchev–Trinajstić information content (AvgIpc) is 2.89. The molecule has 0 bridgehead atoms. The Kier molecular flexibility index (Phi) is 3.49. The normalized spacial score (nSPS) is 15.5. The van der Waals surface area contributed by atoms with Crippen LogP contribution in [0.15, 0.2) is 65.3 Å². The van der Waals surface area contributed by atoms with Gasteiger partial charge in [0, 0.05) is 17.7 Å². The van der Waals surface area contributed by atoms with Crippen LogP contribution in [0.2, 0.25) is 0 Å². The van der Waals surface area contributed by atoms with Crippen molar-refractivity contribution in [2.24, 2.45) is 4.99 Å². The second-order valence-electron chi connectivity index (χ2n) is 4.66. The monoisotopic (exact) mass is 293 g/mol. The quantitative estimate of drug-likeness (QED) is 0.536. The van der Waals surface area contributed by atoms with Gasteiger partial charge in [-0.25, -0.2) is 4.99 Å². The van der Waals surface area contributed by atoms with E-state index in [-0.39, 0.29) is 17.3 Å². The van der Waals surface area contributed by atoms with Crippen LogP contribution in [0.5, 0.6) is 0 Å². The van der Waals surface area contributed by atoms with Crippen LogP contribution < -0.4 is 5.32 Å². The van der Waals surface area contributed by atoms with E-state index in [4.69, 9.17) is 0 Å². The summed E-state index contributed by atoms with van der Waals surface area (Å²) in [5.74, 6) is -0.0127. The summed E-state index contributed by atoms with van der Waals surface area (Å²) >= 11 is 0. The first-order valence-corrected chi connectivity index (χ1v) is 6.55. The molecule has 1 amide bonds. The molecule has 6 heteroatoms. The van der Waals surface area contributed by atoms with Crippen LogP contribution in [0.4, 0.5) is 5.69 Å². The van der Waals surface area contributed by atoms with Gasteiger partial charge in [0.1, 0.15) is 11.5 Å². The van der Waals surface area contributed by atoms with Crippen molar-refractivity contribution in [3.63, 3.8) is 0 Å². The maximum absolute atomic E-state index is 12.0. The number of hydrogen-bond donors (Lipinski definition) is 1. The van der Waals surface area contributed by atoms with E-state index in [1.807, 2.05) is 30.3 Å². The van der Waals surface area contributed by atoms with Crippen LogP contribution in [0, 0.1) is 10.1 Å². The number of nitrogens with zero attached hydrogens (tertiary/aromatic N) is 2. The van der Waals surface area contributed by atoms with Gasteiger partial charge in [-0.15, -0.1) is 0 Å². The van der Waals surface area contributed by atoms with Crippen molar-refractivity contribution in [1.29, 1.82) is 0 Å². The fraction of sp³-hybridized carbons (Fsp3) is 0. The summed E-state index contributed by atoms with van der Waals surface area (Å²) in [5, 5.41) is 13.4. The second kappa shape index (κ2) is 5.61. The summed E-state index contributed by atoms with van der Waals surface area (Å²) in [6.07, 6.45) is 1.67. The first-order valence-electron chi connectivity index (χ1n) is 6.55. The molecule has 0 aromatic heterocycles. The molecule has 22 heavy (non-hydrogen) atoms. The third kappa shape index (κ3) is 2.76. The summed E-state index contributed by atoms with van der Waals surface area (Å²) < 4.78 is 0. The molecule has 0 aliphatic carbocycles. The Bertz CT molecular complexity index is 810. The van der Waals surface area contributed by atoms with Crippen LogP contribution in [-0.2, 0) is 4.79 Å². The van der Waals surface area contributed by atoms with Gasteiger partial charge in [-0.2, -0.15) is 0 Å². The van der Waals surface area contributed by atoms with Gasteiger partial charge in [-0.05, 0) is 11.6 Å². The molecule has 2 aromatic carbocycles. The lowest BCUT2D eigenvalue weighted by Crippen LogP contribution is -2.24. The Morgan fingerprint density at radius 2 is 1.86 bits per heavy atom. The zero-order chi connectivity index (χ0) is 15.5. The second-order valence-corrected chi connectivity index (χ2v) is 4.66. The lowest BCUT2D eigenvalue weighted by Gasteiger charge is -1.99. The molecular weight excluding hydrogens is 282 g/mol. The minimum Gasteiger partial charge on any atom is -0.305 e. The highest BCUT2D eigenvalue weighted by Crippen LogP contribution is 2.18. The smallest absolute Gasteiger partial charge is 0.275 e. The predicted octanol–water partition coefficient (Wildman–Crippen LogP) is 2.51. The van der Waals surface area contributed by atoms with Gasteiger partial charge in [0.15, 0.2) is 0 Å². The van der Waals surface area contributed by atoms with Crippen molar-refractivity contribution in [3.05, 3.63) is 81.5 Å². The van der Waals surface area contributed by atoms with E-state index in [0.717, 1.165) is 5.56 Å². The molecule has 0 saturated heterocycles. The molecule has 1 N–H and O–H groups in total. The SMILES string of the molecule is O=C1NC(c2cccc([N+](=O)[O-])c2)=N/C1=C\c1ccccc1. The van der Waals surface area contributed by atoms with E-state index in [2.05, 4.69) is 10.3 Å². The minimum atomic E-state index is -0.485. The van der Waals surface area contributed by atoms with E-state index in [1.165, 1.54) is 12.1 Å². The topological polar surface area (TPSA) is 84.6 Å². The summed E-state index contributed by atoms with van der Waals surface area (Å²) in [6.45, 7) is 0. The van der Waals surface area contributed by atoms with Gasteiger partial charge in [-0.1, -0.05) is 42.5 Å². The molecule has 1 heterocycles. The highest BCUT2D eigenvalue weighted by Gasteiger charge is 2.22. The van der Waals surface area contributed by atoms with Crippen molar-refractivity contribution in [1.82, 2.24) is 5.32 Å². The number of nitro benzene ring substituents is 1. The maximum atomic E-state index is 12.0. The summed E-state index contributed by atoms with van der Waals surface area (Å²) in [4.78, 5) is 26.5. The highest BCUT2D eigenvalue weighted by atomic mass is 16.6. The van der Waals surface area contributed by atoms with Gasteiger partial charge in [0.2, 0.25) is 0 Å². The fourth-order valence-corrected chi connectivity index (χ4v) is 2.08. The fourth-order valence-electron chi connectivity index (χ4n) is 2.08. The zero-order valence-electron chi connectivity index (χ0n) is 11.4. The van der Waals surface area contributed by atoms with Crippen molar-refractivity contribution < 1.29 is 9.72 Å². The number of aliphatic imine (C=N–C) groups is 1. The number of hydrogen-bond acceptors (Lipinski definition) is 4. The number of nitro groups is 1.